The summed E-state index contributed by atoms with van der Waals surface area (Å²) >= 11 is 0. The van der Waals surface area contributed by atoms with Crippen molar-refractivity contribution in [2.75, 3.05) is 13.7 Å². The number of halogens is 1. The number of aliphatic hydroxyl groups excluding tert-OH is 1. The van der Waals surface area contributed by atoms with E-state index in [9.17, 15) is 23.9 Å². The van der Waals surface area contributed by atoms with E-state index in [1.807, 2.05) is 0 Å². The number of hydrogen-bond donors (Lipinski definition) is 1. The molecule has 2 aromatic rings. The van der Waals surface area contributed by atoms with Crippen molar-refractivity contribution in [1.29, 1.82) is 0 Å². The first-order chi connectivity index (χ1) is 15.0. The standard InChI is InChI=1S/C23H23FN2O5/c1-31-23(30)20-17(11-27)16-10-25-18(19(16)26(20)21(28)13-2-3-13)9-8-15(22(25)29)12-4-6-14(24)7-5-12/h4-9,13,16-17,19-20,27H,2-3,10-11H2,1H3/t16-,17-,19+,20-/m0/s1. The number of pyridine rings is 1. The Morgan fingerprint density at radius 3 is 2.48 bits per heavy atom. The van der Waals surface area contributed by atoms with Crippen LogP contribution in [0.25, 0.3) is 11.1 Å². The van der Waals surface area contributed by atoms with Crippen LogP contribution in [-0.4, -0.2) is 46.2 Å². The molecule has 2 aliphatic heterocycles. The highest BCUT2D eigenvalue weighted by molar-refractivity contribution is 5.88. The van der Waals surface area contributed by atoms with Crippen molar-refractivity contribution in [3.63, 3.8) is 0 Å². The maximum Gasteiger partial charge on any atom is 0.328 e. The topological polar surface area (TPSA) is 88.8 Å². The minimum Gasteiger partial charge on any atom is -0.467 e. The molecule has 1 aromatic heterocycles. The van der Waals surface area contributed by atoms with E-state index in [0.29, 0.717) is 23.4 Å². The van der Waals surface area contributed by atoms with Crippen LogP contribution < -0.4 is 5.56 Å². The number of fused-ring (bicyclic) bond motifs is 3. The zero-order valence-electron chi connectivity index (χ0n) is 17.0. The van der Waals surface area contributed by atoms with Gasteiger partial charge in [-0.3, -0.25) is 9.59 Å². The average Bonchev–Trinajstić information content (AvgIpc) is 3.48. The lowest BCUT2D eigenvalue weighted by molar-refractivity contribution is -0.154. The van der Waals surface area contributed by atoms with E-state index in [2.05, 4.69) is 0 Å². The number of aromatic nitrogens is 1. The summed E-state index contributed by atoms with van der Waals surface area (Å²) in [6.07, 6.45) is 1.56. The largest absolute Gasteiger partial charge is 0.467 e. The second kappa shape index (κ2) is 7.30. The van der Waals surface area contributed by atoms with Gasteiger partial charge in [-0.05, 0) is 42.7 Å². The summed E-state index contributed by atoms with van der Waals surface area (Å²) in [6.45, 7) is 0.00394. The molecule has 3 aliphatic rings. The van der Waals surface area contributed by atoms with E-state index >= 15 is 0 Å². The maximum atomic E-state index is 13.3. The van der Waals surface area contributed by atoms with Gasteiger partial charge >= 0.3 is 5.97 Å². The molecular formula is C23H23FN2O5. The van der Waals surface area contributed by atoms with E-state index in [1.54, 1.807) is 33.7 Å². The van der Waals surface area contributed by atoms with Crippen molar-refractivity contribution in [1.82, 2.24) is 9.47 Å². The second-order valence-electron chi connectivity index (χ2n) is 8.54. The molecule has 4 atom stereocenters. The van der Waals surface area contributed by atoms with Gasteiger partial charge in [0.05, 0.1) is 13.2 Å². The van der Waals surface area contributed by atoms with Crippen molar-refractivity contribution < 1.29 is 23.8 Å². The number of nitrogens with zero attached hydrogens (tertiary/aromatic N) is 2. The van der Waals surface area contributed by atoms with Crippen LogP contribution in [0, 0.1) is 23.6 Å². The molecular weight excluding hydrogens is 403 g/mol. The molecule has 31 heavy (non-hydrogen) atoms. The van der Waals surface area contributed by atoms with Crippen LogP contribution in [0.5, 0.6) is 0 Å². The first-order valence-electron chi connectivity index (χ1n) is 10.5. The first kappa shape index (κ1) is 19.9. The molecule has 1 N–H and O–H groups in total. The number of esters is 1. The number of ether oxygens (including phenoxy) is 1. The Kier molecular flexibility index (Phi) is 4.69. The highest BCUT2D eigenvalue weighted by Gasteiger charge is 2.59. The maximum absolute atomic E-state index is 13.3. The Hall–Kier alpha value is -3.00. The lowest BCUT2D eigenvalue weighted by Gasteiger charge is -2.30. The molecule has 7 nitrogen and oxygen atoms in total. The fourth-order valence-corrected chi connectivity index (χ4v) is 5.21. The van der Waals surface area contributed by atoms with E-state index in [0.717, 1.165) is 12.8 Å². The molecule has 0 spiro atoms. The second-order valence-corrected chi connectivity index (χ2v) is 8.54. The van der Waals surface area contributed by atoms with Crippen molar-refractivity contribution in [2.24, 2.45) is 17.8 Å². The van der Waals surface area contributed by atoms with Gasteiger partial charge in [0.1, 0.15) is 11.9 Å². The number of aliphatic hydroxyl groups is 1. The highest BCUT2D eigenvalue weighted by atomic mass is 19.1. The van der Waals surface area contributed by atoms with E-state index in [1.165, 1.54) is 19.2 Å². The zero-order chi connectivity index (χ0) is 21.9. The third-order valence-electron chi connectivity index (χ3n) is 6.85. The summed E-state index contributed by atoms with van der Waals surface area (Å²) in [7, 11) is 1.28. The fraction of sp³-hybridized carbons (Fsp3) is 0.435. The third-order valence-corrected chi connectivity index (χ3v) is 6.85. The van der Waals surface area contributed by atoms with Gasteiger partial charge in [0.2, 0.25) is 5.91 Å². The number of hydrogen-bond acceptors (Lipinski definition) is 5. The lowest BCUT2D eigenvalue weighted by atomic mass is 9.88. The first-order valence-corrected chi connectivity index (χ1v) is 10.5. The molecule has 0 bridgehead atoms. The average molecular weight is 426 g/mol. The molecule has 3 heterocycles. The number of rotatable bonds is 4. The van der Waals surface area contributed by atoms with Crippen LogP contribution >= 0.6 is 0 Å². The van der Waals surface area contributed by atoms with Crippen LogP contribution in [0.4, 0.5) is 4.39 Å². The molecule has 0 unspecified atom stereocenters. The summed E-state index contributed by atoms with van der Waals surface area (Å²) in [6, 6.07) is 7.88. The summed E-state index contributed by atoms with van der Waals surface area (Å²) in [4.78, 5) is 40.6. The zero-order valence-corrected chi connectivity index (χ0v) is 17.0. The number of carbonyl (C=O) groups excluding carboxylic acids is 2. The van der Waals surface area contributed by atoms with Crippen LogP contribution in [-0.2, 0) is 20.9 Å². The summed E-state index contributed by atoms with van der Waals surface area (Å²) in [5.74, 6) is -1.95. The molecule has 8 heteroatoms. The van der Waals surface area contributed by atoms with Gasteiger partial charge in [0.25, 0.3) is 5.56 Å². The third kappa shape index (κ3) is 3.00. The van der Waals surface area contributed by atoms with Crippen LogP contribution in [0.1, 0.15) is 24.6 Å². The van der Waals surface area contributed by atoms with Crippen molar-refractivity contribution in [3.05, 3.63) is 58.3 Å². The van der Waals surface area contributed by atoms with Gasteiger partial charge in [-0.2, -0.15) is 0 Å². The predicted octanol–water partition coefficient (Wildman–Crippen LogP) is 1.73. The molecule has 0 radical (unpaired) electrons. The summed E-state index contributed by atoms with van der Waals surface area (Å²) in [5.41, 5.74) is 1.47. The summed E-state index contributed by atoms with van der Waals surface area (Å²) in [5, 5.41) is 10.1. The lowest BCUT2D eigenvalue weighted by Crippen LogP contribution is -2.47. The number of carbonyl (C=O) groups is 2. The van der Waals surface area contributed by atoms with Crippen LogP contribution in [0.2, 0.25) is 0 Å². The Morgan fingerprint density at radius 2 is 1.87 bits per heavy atom. The van der Waals surface area contributed by atoms with E-state index < -0.39 is 24.0 Å². The van der Waals surface area contributed by atoms with Gasteiger partial charge in [-0.1, -0.05) is 12.1 Å². The van der Waals surface area contributed by atoms with Crippen LogP contribution in [0.3, 0.4) is 0 Å². The molecule has 1 aromatic carbocycles. The molecule has 1 amide bonds. The molecule has 2 fully saturated rings. The fourth-order valence-electron chi connectivity index (χ4n) is 5.21. The normalized spacial score (nSPS) is 26.5. The van der Waals surface area contributed by atoms with Crippen molar-refractivity contribution in [2.45, 2.75) is 31.5 Å². The van der Waals surface area contributed by atoms with Crippen LogP contribution in [0.15, 0.2) is 41.2 Å². The van der Waals surface area contributed by atoms with E-state index in [-0.39, 0.29) is 35.7 Å². The SMILES string of the molecule is COC(=O)[C@@H]1[C@@H](CO)[C@@H]2Cn3c(ccc(-c4ccc(F)cc4)c3=O)[C@@H]2N1C(=O)C1CC1. The molecule has 1 aliphatic carbocycles. The van der Waals surface area contributed by atoms with Gasteiger partial charge in [0, 0.05) is 42.2 Å². The molecule has 1 saturated heterocycles. The minimum absolute atomic E-state index is 0.120. The van der Waals surface area contributed by atoms with Gasteiger partial charge < -0.3 is 19.3 Å². The summed E-state index contributed by atoms with van der Waals surface area (Å²) < 4.78 is 19.9. The Morgan fingerprint density at radius 1 is 1.16 bits per heavy atom. The molecule has 5 rings (SSSR count). The highest BCUT2D eigenvalue weighted by Crippen LogP contribution is 2.51. The van der Waals surface area contributed by atoms with Gasteiger partial charge in [0.15, 0.2) is 0 Å². The van der Waals surface area contributed by atoms with Gasteiger partial charge in [-0.25, -0.2) is 9.18 Å². The predicted molar refractivity (Wildman–Crippen MR) is 108 cm³/mol. The quantitative estimate of drug-likeness (QED) is 0.753. The number of likely N-dealkylation sites (tertiary alicyclic amines) is 1. The molecule has 1 saturated carbocycles. The minimum atomic E-state index is -0.862. The smallest absolute Gasteiger partial charge is 0.328 e. The molecule has 162 valence electrons. The number of amides is 1. The van der Waals surface area contributed by atoms with Crippen molar-refractivity contribution in [3.8, 4) is 11.1 Å². The Labute approximate surface area is 178 Å². The van der Waals surface area contributed by atoms with Gasteiger partial charge in [-0.15, -0.1) is 0 Å². The van der Waals surface area contributed by atoms with E-state index in [4.69, 9.17) is 4.74 Å². The van der Waals surface area contributed by atoms with Crippen molar-refractivity contribution >= 4 is 11.9 Å². The number of benzene rings is 1. The monoisotopic (exact) mass is 426 g/mol. The Balaban J connectivity index is 1.60. The number of methoxy groups -OCH3 is 1. The Bertz CT molecular complexity index is 1110.